The first-order valence-electron chi connectivity index (χ1n) is 8.38. The van der Waals surface area contributed by atoms with Crippen molar-refractivity contribution in [3.05, 3.63) is 82.7 Å². The number of benzene rings is 2. The van der Waals surface area contributed by atoms with Crippen molar-refractivity contribution in [1.29, 1.82) is 0 Å². The second-order valence-corrected chi connectivity index (χ2v) is 6.56. The van der Waals surface area contributed by atoms with Crippen molar-refractivity contribution in [2.24, 2.45) is 0 Å². The molecule has 0 aliphatic rings. The summed E-state index contributed by atoms with van der Waals surface area (Å²) in [6.45, 7) is 6.57. The van der Waals surface area contributed by atoms with Crippen LogP contribution in [0.4, 0.5) is 0 Å². The highest BCUT2D eigenvalue weighted by atomic mass is 16.2. The second-order valence-electron chi connectivity index (χ2n) is 6.56. The quantitative estimate of drug-likeness (QED) is 0.722. The van der Waals surface area contributed by atoms with E-state index in [0.717, 1.165) is 27.9 Å². The highest BCUT2D eigenvalue weighted by molar-refractivity contribution is 5.97. The fourth-order valence-corrected chi connectivity index (χ4v) is 3.22. The number of carbonyl (C=O) groups excluding carboxylic acids is 1. The molecule has 4 nitrogen and oxygen atoms in total. The molecule has 0 saturated carbocycles. The van der Waals surface area contributed by atoms with Crippen molar-refractivity contribution in [1.82, 2.24) is 14.7 Å². The minimum absolute atomic E-state index is 0.0439. The topological polar surface area (TPSA) is 38.1 Å². The van der Waals surface area contributed by atoms with Gasteiger partial charge in [-0.3, -0.25) is 4.79 Å². The lowest BCUT2D eigenvalue weighted by molar-refractivity contribution is 0.0783. The van der Waals surface area contributed by atoms with Crippen molar-refractivity contribution in [3.63, 3.8) is 0 Å². The maximum atomic E-state index is 12.9. The Balaban J connectivity index is 1.78. The highest BCUT2D eigenvalue weighted by Crippen LogP contribution is 2.19. The first kappa shape index (κ1) is 17.0. The number of amides is 1. The molecule has 4 heteroatoms. The van der Waals surface area contributed by atoms with Gasteiger partial charge in [0.25, 0.3) is 5.91 Å². The van der Waals surface area contributed by atoms with E-state index in [0.29, 0.717) is 6.54 Å². The zero-order chi connectivity index (χ0) is 18.0. The van der Waals surface area contributed by atoms with Crippen LogP contribution in [0, 0.1) is 20.8 Å². The lowest BCUT2D eigenvalue weighted by Gasteiger charge is -2.19. The van der Waals surface area contributed by atoms with E-state index in [4.69, 9.17) is 0 Å². The lowest BCUT2D eigenvalue weighted by Crippen LogP contribution is -2.27. The van der Waals surface area contributed by atoms with Crippen molar-refractivity contribution in [3.8, 4) is 5.69 Å². The van der Waals surface area contributed by atoms with Gasteiger partial charge in [-0.15, -0.1) is 0 Å². The van der Waals surface area contributed by atoms with Gasteiger partial charge in [-0.05, 0) is 44.0 Å². The fourth-order valence-electron chi connectivity index (χ4n) is 3.22. The molecule has 0 saturated heterocycles. The van der Waals surface area contributed by atoms with Gasteiger partial charge in [-0.1, -0.05) is 35.9 Å². The van der Waals surface area contributed by atoms with Gasteiger partial charge in [0.2, 0.25) is 0 Å². The lowest BCUT2D eigenvalue weighted by atomic mass is 9.99. The SMILES string of the molecule is Cc1cc(C)c(C(=O)N(C)Cc2cnn(-c3ccccc3)c2)c(C)c1. The molecule has 3 aromatic rings. The largest absolute Gasteiger partial charge is 0.337 e. The molecule has 0 bridgehead atoms. The van der Waals surface area contributed by atoms with Gasteiger partial charge in [-0.25, -0.2) is 4.68 Å². The first-order valence-corrected chi connectivity index (χ1v) is 8.38. The molecule has 1 amide bonds. The Bertz CT molecular complexity index is 874. The Hall–Kier alpha value is -2.88. The summed E-state index contributed by atoms with van der Waals surface area (Å²) >= 11 is 0. The highest BCUT2D eigenvalue weighted by Gasteiger charge is 2.17. The zero-order valence-electron chi connectivity index (χ0n) is 15.2. The van der Waals surface area contributed by atoms with E-state index in [1.807, 2.05) is 68.3 Å². The second kappa shape index (κ2) is 6.93. The molecule has 1 aromatic heterocycles. The number of carbonyl (C=O) groups is 1. The van der Waals surface area contributed by atoms with E-state index in [1.165, 1.54) is 5.56 Å². The molecule has 0 atom stereocenters. The molecule has 0 N–H and O–H groups in total. The maximum Gasteiger partial charge on any atom is 0.254 e. The molecule has 25 heavy (non-hydrogen) atoms. The van der Waals surface area contributed by atoms with Crippen molar-refractivity contribution < 1.29 is 4.79 Å². The molecule has 0 spiro atoms. The molecule has 128 valence electrons. The number of aryl methyl sites for hydroxylation is 3. The Morgan fingerprint density at radius 3 is 2.36 bits per heavy atom. The Kier molecular flexibility index (Phi) is 4.70. The molecule has 0 unspecified atom stereocenters. The van der Waals surface area contributed by atoms with E-state index >= 15 is 0 Å². The monoisotopic (exact) mass is 333 g/mol. The molecule has 0 fully saturated rings. The van der Waals surface area contributed by atoms with E-state index in [1.54, 1.807) is 4.90 Å². The number of nitrogens with zero attached hydrogens (tertiary/aromatic N) is 3. The third-order valence-electron chi connectivity index (χ3n) is 4.31. The van der Waals surface area contributed by atoms with Crippen molar-refractivity contribution >= 4 is 5.91 Å². The van der Waals surface area contributed by atoms with Crippen LogP contribution in [0.5, 0.6) is 0 Å². The third kappa shape index (κ3) is 3.63. The van der Waals surface area contributed by atoms with Crippen molar-refractivity contribution in [2.75, 3.05) is 7.05 Å². The fraction of sp³-hybridized carbons (Fsp3) is 0.238. The van der Waals surface area contributed by atoms with Gasteiger partial charge in [0.15, 0.2) is 0 Å². The molecular formula is C21H23N3O. The number of hydrogen-bond donors (Lipinski definition) is 0. The van der Waals surface area contributed by atoms with E-state index in [-0.39, 0.29) is 5.91 Å². The number of aromatic nitrogens is 2. The number of para-hydroxylation sites is 1. The summed E-state index contributed by atoms with van der Waals surface area (Å²) in [5, 5.41) is 4.40. The summed E-state index contributed by atoms with van der Waals surface area (Å²) in [4.78, 5) is 14.6. The Labute approximate surface area is 148 Å². The van der Waals surface area contributed by atoms with Crippen molar-refractivity contribution in [2.45, 2.75) is 27.3 Å². The van der Waals surface area contributed by atoms with Gasteiger partial charge in [0.1, 0.15) is 0 Å². The Morgan fingerprint density at radius 1 is 1.08 bits per heavy atom. The maximum absolute atomic E-state index is 12.9. The molecule has 2 aromatic carbocycles. The summed E-state index contributed by atoms with van der Waals surface area (Å²) in [6, 6.07) is 14.1. The minimum Gasteiger partial charge on any atom is -0.337 e. The van der Waals surface area contributed by atoms with Crippen LogP contribution in [0.15, 0.2) is 54.9 Å². The molecular weight excluding hydrogens is 310 g/mol. The van der Waals surface area contributed by atoms with Crippen LogP contribution < -0.4 is 0 Å². The van der Waals surface area contributed by atoms with Gasteiger partial charge in [0, 0.05) is 30.9 Å². The normalized spacial score (nSPS) is 10.7. The molecule has 1 heterocycles. The van der Waals surface area contributed by atoms with E-state index < -0.39 is 0 Å². The smallest absolute Gasteiger partial charge is 0.254 e. The van der Waals surface area contributed by atoms with Crippen LogP contribution in [0.1, 0.15) is 32.6 Å². The van der Waals surface area contributed by atoms with Crippen LogP contribution in [-0.2, 0) is 6.54 Å². The van der Waals surface area contributed by atoms with Crippen LogP contribution in [0.2, 0.25) is 0 Å². The summed E-state index contributed by atoms with van der Waals surface area (Å²) in [5.74, 6) is 0.0439. The minimum atomic E-state index is 0.0439. The van der Waals surface area contributed by atoms with Gasteiger partial charge < -0.3 is 4.90 Å². The Morgan fingerprint density at radius 2 is 1.72 bits per heavy atom. The van der Waals surface area contributed by atoms with Gasteiger partial charge in [-0.2, -0.15) is 5.10 Å². The summed E-state index contributed by atoms with van der Waals surface area (Å²) in [7, 11) is 1.83. The predicted molar refractivity (Wildman–Crippen MR) is 100 cm³/mol. The average Bonchev–Trinajstić information content (AvgIpc) is 3.03. The summed E-state index contributed by atoms with van der Waals surface area (Å²) in [5.41, 5.74) is 6.03. The van der Waals surface area contributed by atoms with Crippen LogP contribution >= 0.6 is 0 Å². The molecule has 0 aliphatic heterocycles. The van der Waals surface area contributed by atoms with Crippen LogP contribution in [-0.4, -0.2) is 27.6 Å². The van der Waals surface area contributed by atoms with Crippen LogP contribution in [0.3, 0.4) is 0 Å². The molecule has 0 aliphatic carbocycles. The van der Waals surface area contributed by atoms with Crippen LogP contribution in [0.25, 0.3) is 5.69 Å². The van der Waals surface area contributed by atoms with E-state index in [9.17, 15) is 4.79 Å². The standard InChI is InChI=1S/C21H23N3O/c1-15-10-16(2)20(17(3)11-15)21(25)23(4)13-18-12-22-24(14-18)19-8-6-5-7-9-19/h5-12,14H,13H2,1-4H3. The summed E-state index contributed by atoms with van der Waals surface area (Å²) < 4.78 is 1.83. The number of rotatable bonds is 4. The molecule has 0 radical (unpaired) electrons. The predicted octanol–water partition coefficient (Wildman–Crippen LogP) is 4.07. The summed E-state index contributed by atoms with van der Waals surface area (Å²) in [6.07, 6.45) is 3.78. The number of hydrogen-bond acceptors (Lipinski definition) is 2. The molecule has 3 rings (SSSR count). The third-order valence-corrected chi connectivity index (χ3v) is 4.31. The van der Waals surface area contributed by atoms with Gasteiger partial charge in [0.05, 0.1) is 11.9 Å². The van der Waals surface area contributed by atoms with E-state index in [2.05, 4.69) is 24.2 Å². The van der Waals surface area contributed by atoms with Gasteiger partial charge >= 0.3 is 0 Å². The zero-order valence-corrected chi connectivity index (χ0v) is 15.2. The first-order chi connectivity index (χ1) is 12.0. The average molecular weight is 333 g/mol.